The Morgan fingerprint density at radius 3 is 2.75 bits per heavy atom. The van der Waals surface area contributed by atoms with Crippen LogP contribution in [-0.2, 0) is 9.59 Å². The number of rotatable bonds is 5. The average Bonchev–Trinajstić information content (AvgIpc) is 2.85. The lowest BCUT2D eigenvalue weighted by atomic mass is 10.2. The van der Waals surface area contributed by atoms with E-state index in [9.17, 15) is 9.59 Å². The van der Waals surface area contributed by atoms with Crippen molar-refractivity contribution in [2.24, 2.45) is 10.2 Å². The monoisotopic (exact) mass is 422 g/mol. The van der Waals surface area contributed by atoms with Gasteiger partial charge in [0.15, 0.2) is 5.17 Å². The van der Waals surface area contributed by atoms with Crippen molar-refractivity contribution in [3.63, 3.8) is 0 Å². The quantitative estimate of drug-likeness (QED) is 0.554. The first kappa shape index (κ1) is 20.7. The van der Waals surface area contributed by atoms with Crippen molar-refractivity contribution in [3.8, 4) is 5.75 Å². The first-order valence-electron chi connectivity index (χ1n) is 9.29. The fraction of sp³-hybridized carbons (Fsp3) is 0.474. The maximum absolute atomic E-state index is 12.4. The van der Waals surface area contributed by atoms with Gasteiger partial charge in [-0.2, -0.15) is 5.10 Å². The van der Waals surface area contributed by atoms with Crippen LogP contribution >= 0.6 is 23.4 Å². The van der Waals surface area contributed by atoms with Crippen molar-refractivity contribution in [1.29, 1.82) is 0 Å². The van der Waals surface area contributed by atoms with Crippen LogP contribution in [0.15, 0.2) is 28.4 Å². The Bertz CT molecular complexity index is 802. The van der Waals surface area contributed by atoms with E-state index in [0.29, 0.717) is 21.6 Å². The number of halogens is 1. The minimum absolute atomic E-state index is 0.0156. The third kappa shape index (κ3) is 5.72. The fourth-order valence-corrected chi connectivity index (χ4v) is 4.18. The number of hydrogen-bond donors (Lipinski definition) is 2. The van der Waals surface area contributed by atoms with Crippen LogP contribution in [0.5, 0.6) is 5.75 Å². The zero-order chi connectivity index (χ0) is 19.9. The zero-order valence-electron chi connectivity index (χ0n) is 15.7. The molecule has 2 fully saturated rings. The highest BCUT2D eigenvalue weighted by molar-refractivity contribution is 8.15. The molecular formula is C19H23ClN4O3S. The lowest BCUT2D eigenvalue weighted by Gasteiger charge is -2.11. The smallest absolute Gasteiger partial charge is 0.240 e. The number of hydrogen-bond acceptors (Lipinski definition) is 6. The molecule has 2 N–H and O–H groups in total. The van der Waals surface area contributed by atoms with Crippen LogP contribution in [0.2, 0.25) is 5.02 Å². The van der Waals surface area contributed by atoms with Crippen LogP contribution in [0.1, 0.15) is 44.9 Å². The van der Waals surface area contributed by atoms with E-state index in [0.717, 1.165) is 31.4 Å². The van der Waals surface area contributed by atoms with E-state index in [2.05, 4.69) is 20.8 Å². The van der Waals surface area contributed by atoms with Gasteiger partial charge in [-0.25, -0.2) is 0 Å². The number of thioether (sulfide) groups is 1. The van der Waals surface area contributed by atoms with Gasteiger partial charge in [0.1, 0.15) is 11.0 Å². The normalized spacial score (nSPS) is 21.2. The second kappa shape index (κ2) is 9.93. The number of ether oxygens (including phenoxy) is 1. The van der Waals surface area contributed by atoms with Crippen LogP contribution in [0.3, 0.4) is 0 Å². The number of nitrogens with one attached hydrogen (secondary N) is 2. The molecule has 2 amide bonds. The summed E-state index contributed by atoms with van der Waals surface area (Å²) < 4.78 is 5.22. The molecule has 1 heterocycles. The molecule has 1 aliphatic heterocycles. The Labute approximate surface area is 173 Å². The van der Waals surface area contributed by atoms with Crippen molar-refractivity contribution in [1.82, 2.24) is 5.32 Å². The molecule has 2 aliphatic rings. The number of methoxy groups -OCH3 is 1. The van der Waals surface area contributed by atoms with Gasteiger partial charge in [-0.3, -0.25) is 9.59 Å². The number of nitrogens with zero attached hydrogens (tertiary/aromatic N) is 2. The largest absolute Gasteiger partial charge is 0.495 e. The molecule has 0 aromatic heterocycles. The van der Waals surface area contributed by atoms with Gasteiger partial charge in [-0.15, -0.1) is 5.10 Å². The van der Waals surface area contributed by atoms with Gasteiger partial charge in [-0.05, 0) is 43.9 Å². The SMILES string of the molecule is COc1ccc(Cl)cc1NC(=O)C[C@H]1S/C(=N/N=C2CCCCCC2)NC1=O. The first-order valence-corrected chi connectivity index (χ1v) is 10.5. The highest BCUT2D eigenvalue weighted by atomic mass is 35.5. The van der Waals surface area contributed by atoms with E-state index in [4.69, 9.17) is 16.3 Å². The number of benzene rings is 1. The Hall–Kier alpha value is -2.06. The summed E-state index contributed by atoms with van der Waals surface area (Å²) in [5.41, 5.74) is 1.55. The highest BCUT2D eigenvalue weighted by Gasteiger charge is 2.32. The summed E-state index contributed by atoms with van der Waals surface area (Å²) in [6.07, 6.45) is 6.68. The Balaban J connectivity index is 1.58. The predicted molar refractivity (Wildman–Crippen MR) is 113 cm³/mol. The topological polar surface area (TPSA) is 92.2 Å². The van der Waals surface area contributed by atoms with E-state index in [1.807, 2.05) is 0 Å². The molecule has 1 atom stereocenters. The van der Waals surface area contributed by atoms with E-state index < -0.39 is 5.25 Å². The van der Waals surface area contributed by atoms with Gasteiger partial charge in [0, 0.05) is 17.2 Å². The molecule has 1 aromatic rings. The standard InChI is InChI=1S/C19H23ClN4O3S/c1-27-15-9-8-12(20)10-14(15)21-17(25)11-16-18(26)22-19(28-16)24-23-13-6-4-2-3-5-7-13/h8-10,16H,2-7,11H2,1H3,(H,21,25)(H,22,24,26)/t16-/m1/s1. The third-order valence-corrected chi connectivity index (χ3v) is 5.85. The summed E-state index contributed by atoms with van der Waals surface area (Å²) in [5.74, 6) is -0.0367. The lowest BCUT2D eigenvalue weighted by molar-refractivity contribution is -0.122. The van der Waals surface area contributed by atoms with Crippen molar-refractivity contribution in [2.75, 3.05) is 12.4 Å². The molecule has 0 unspecified atom stereocenters. The molecule has 1 saturated heterocycles. The second-order valence-electron chi connectivity index (χ2n) is 6.68. The maximum Gasteiger partial charge on any atom is 0.240 e. The van der Waals surface area contributed by atoms with Crippen molar-refractivity contribution in [2.45, 2.75) is 50.2 Å². The van der Waals surface area contributed by atoms with Gasteiger partial charge in [-0.1, -0.05) is 36.2 Å². The van der Waals surface area contributed by atoms with Crippen LogP contribution < -0.4 is 15.4 Å². The summed E-state index contributed by atoms with van der Waals surface area (Å²) >= 11 is 7.20. The molecule has 9 heteroatoms. The van der Waals surface area contributed by atoms with Gasteiger partial charge in [0.2, 0.25) is 11.8 Å². The summed E-state index contributed by atoms with van der Waals surface area (Å²) in [4.78, 5) is 24.5. The van der Waals surface area contributed by atoms with E-state index in [1.54, 1.807) is 18.2 Å². The zero-order valence-corrected chi connectivity index (χ0v) is 17.2. The molecule has 1 saturated carbocycles. The minimum Gasteiger partial charge on any atom is -0.495 e. The number of anilines is 1. The third-order valence-electron chi connectivity index (χ3n) is 4.55. The van der Waals surface area contributed by atoms with E-state index >= 15 is 0 Å². The van der Waals surface area contributed by atoms with Crippen molar-refractivity contribution in [3.05, 3.63) is 23.2 Å². The molecule has 7 nitrogen and oxygen atoms in total. The summed E-state index contributed by atoms with van der Waals surface area (Å²) in [6.45, 7) is 0. The summed E-state index contributed by atoms with van der Waals surface area (Å²) in [6, 6.07) is 4.96. The fourth-order valence-electron chi connectivity index (χ4n) is 3.09. The number of amides is 2. The molecule has 0 bridgehead atoms. The second-order valence-corrected chi connectivity index (χ2v) is 8.31. The summed E-state index contributed by atoms with van der Waals surface area (Å²) in [7, 11) is 1.51. The number of carbonyl (C=O) groups excluding carboxylic acids is 2. The molecule has 3 rings (SSSR count). The molecule has 150 valence electrons. The lowest BCUT2D eigenvalue weighted by Crippen LogP contribution is -2.28. The number of carbonyl (C=O) groups is 2. The summed E-state index contributed by atoms with van der Waals surface area (Å²) in [5, 5.41) is 14.3. The van der Waals surface area contributed by atoms with Crippen LogP contribution in [0.25, 0.3) is 0 Å². The first-order chi connectivity index (χ1) is 13.5. The molecule has 1 aromatic carbocycles. The van der Waals surface area contributed by atoms with Crippen LogP contribution in [-0.4, -0.2) is 35.1 Å². The molecule has 0 radical (unpaired) electrons. The van der Waals surface area contributed by atoms with Crippen LogP contribution in [0.4, 0.5) is 5.69 Å². The van der Waals surface area contributed by atoms with E-state index in [1.165, 1.54) is 31.7 Å². The van der Waals surface area contributed by atoms with Crippen molar-refractivity contribution < 1.29 is 14.3 Å². The molecular weight excluding hydrogens is 400 g/mol. The van der Waals surface area contributed by atoms with Crippen molar-refractivity contribution >= 4 is 51.7 Å². The average molecular weight is 423 g/mol. The number of amidine groups is 1. The molecule has 28 heavy (non-hydrogen) atoms. The molecule has 0 spiro atoms. The highest BCUT2D eigenvalue weighted by Crippen LogP contribution is 2.29. The predicted octanol–water partition coefficient (Wildman–Crippen LogP) is 3.98. The van der Waals surface area contributed by atoms with Gasteiger partial charge < -0.3 is 15.4 Å². The Kier molecular flexibility index (Phi) is 7.33. The van der Waals surface area contributed by atoms with Gasteiger partial charge >= 0.3 is 0 Å². The van der Waals surface area contributed by atoms with Crippen LogP contribution in [0, 0.1) is 0 Å². The maximum atomic E-state index is 12.4. The van der Waals surface area contributed by atoms with E-state index in [-0.39, 0.29) is 18.2 Å². The van der Waals surface area contributed by atoms with Gasteiger partial charge in [0.05, 0.1) is 12.8 Å². The van der Waals surface area contributed by atoms with Gasteiger partial charge in [0.25, 0.3) is 0 Å². The Morgan fingerprint density at radius 2 is 2.04 bits per heavy atom. The molecule has 1 aliphatic carbocycles. The Morgan fingerprint density at radius 1 is 1.29 bits per heavy atom. The minimum atomic E-state index is -0.543.